The third-order valence-corrected chi connectivity index (χ3v) is 1.86. The van der Waals surface area contributed by atoms with Gasteiger partial charge in [-0.2, -0.15) is 0 Å². The summed E-state index contributed by atoms with van der Waals surface area (Å²) in [5.74, 6) is -5.97. The van der Waals surface area contributed by atoms with Crippen molar-refractivity contribution in [3.05, 3.63) is 38.3 Å². The zero-order chi connectivity index (χ0) is 10.9. The molecule has 0 heterocycles. The van der Waals surface area contributed by atoms with Crippen molar-refractivity contribution in [1.82, 2.24) is 0 Å². The monoisotopic (exact) mass is 332 g/mol. The molecule has 0 saturated carbocycles. The van der Waals surface area contributed by atoms with Gasteiger partial charge in [-0.1, -0.05) is 0 Å². The van der Waals surface area contributed by atoms with Gasteiger partial charge in [-0.15, -0.1) is 0 Å². The Morgan fingerprint density at radius 1 is 1.00 bits per heavy atom. The Hall–Kier alpha value is -0.360. The van der Waals surface area contributed by atoms with Gasteiger partial charge in [0.05, 0.1) is 8.96 Å². The van der Waals surface area contributed by atoms with Crippen LogP contribution in [-0.4, -0.2) is 0 Å². The summed E-state index contributed by atoms with van der Waals surface area (Å²) in [5.41, 5.74) is -0.646. The summed E-state index contributed by atoms with van der Waals surface area (Å²) in [6.45, 7) is 0. The molecule has 14 heavy (non-hydrogen) atoms. The molecule has 0 spiro atoms. The van der Waals surface area contributed by atoms with E-state index in [1.807, 2.05) is 0 Å². The topological polar surface area (TPSA) is 0 Å². The SMILES string of the molecule is Fc1cc(F)c(C=C(Br)Br)c(F)c1F. The van der Waals surface area contributed by atoms with Crippen LogP contribution >= 0.6 is 31.9 Å². The van der Waals surface area contributed by atoms with Crippen molar-refractivity contribution < 1.29 is 17.6 Å². The minimum atomic E-state index is -1.70. The Kier molecular flexibility index (Phi) is 3.71. The molecule has 0 aliphatic carbocycles. The highest BCUT2D eigenvalue weighted by Gasteiger charge is 2.17. The van der Waals surface area contributed by atoms with Crippen molar-refractivity contribution in [3.63, 3.8) is 0 Å². The van der Waals surface area contributed by atoms with Gasteiger partial charge < -0.3 is 0 Å². The number of hydrogen-bond donors (Lipinski definition) is 0. The van der Waals surface area contributed by atoms with E-state index in [9.17, 15) is 17.6 Å². The van der Waals surface area contributed by atoms with E-state index in [1.54, 1.807) is 0 Å². The average Bonchev–Trinajstić information content (AvgIpc) is 2.09. The van der Waals surface area contributed by atoms with Crippen LogP contribution in [0.1, 0.15) is 5.56 Å². The van der Waals surface area contributed by atoms with Gasteiger partial charge in [0.25, 0.3) is 0 Å². The standard InChI is InChI=1S/C8H2Br2F4/c9-6(10)1-3-4(11)2-5(12)8(14)7(3)13/h1-2H. The highest BCUT2D eigenvalue weighted by Crippen LogP contribution is 2.24. The Morgan fingerprint density at radius 2 is 1.57 bits per heavy atom. The lowest BCUT2D eigenvalue weighted by Crippen LogP contribution is -1.97. The van der Waals surface area contributed by atoms with Crippen molar-refractivity contribution in [2.45, 2.75) is 0 Å². The molecule has 0 bridgehead atoms. The molecule has 1 rings (SSSR count). The van der Waals surface area contributed by atoms with Gasteiger partial charge in [0.1, 0.15) is 5.82 Å². The number of benzene rings is 1. The molecular weight excluding hydrogens is 332 g/mol. The smallest absolute Gasteiger partial charge is 0.195 e. The predicted octanol–water partition coefficient (Wildman–Crippen LogP) is 4.33. The lowest BCUT2D eigenvalue weighted by atomic mass is 10.2. The lowest BCUT2D eigenvalue weighted by Gasteiger charge is -2.01. The molecule has 0 amide bonds. The fourth-order valence-corrected chi connectivity index (χ4v) is 1.28. The van der Waals surface area contributed by atoms with Gasteiger partial charge >= 0.3 is 0 Å². The zero-order valence-electron chi connectivity index (χ0n) is 6.42. The lowest BCUT2D eigenvalue weighted by molar-refractivity contribution is 0.432. The summed E-state index contributed by atoms with van der Waals surface area (Å²) >= 11 is 5.70. The second-order valence-electron chi connectivity index (χ2n) is 2.32. The van der Waals surface area contributed by atoms with Crippen LogP contribution in [0.15, 0.2) is 9.46 Å². The van der Waals surface area contributed by atoms with E-state index in [1.165, 1.54) is 0 Å². The van der Waals surface area contributed by atoms with Crippen molar-refractivity contribution in [3.8, 4) is 0 Å². The van der Waals surface area contributed by atoms with Gasteiger partial charge in [0.2, 0.25) is 0 Å². The second-order valence-corrected chi connectivity index (χ2v) is 5.09. The molecule has 1 aromatic carbocycles. The summed E-state index contributed by atoms with van der Waals surface area (Å²) in [4.78, 5) is 0. The third-order valence-electron chi connectivity index (χ3n) is 1.40. The third kappa shape index (κ3) is 2.36. The molecule has 0 N–H and O–H groups in total. The van der Waals surface area contributed by atoms with E-state index in [-0.39, 0.29) is 9.46 Å². The minimum absolute atomic E-state index is 0.216. The molecule has 0 fully saturated rings. The fraction of sp³-hybridized carbons (Fsp3) is 0. The summed E-state index contributed by atoms with van der Waals surface area (Å²) in [5, 5.41) is 0. The van der Waals surface area contributed by atoms with Crippen LogP contribution in [0.2, 0.25) is 0 Å². The maximum Gasteiger partial charge on any atom is 0.195 e. The zero-order valence-corrected chi connectivity index (χ0v) is 9.59. The quantitative estimate of drug-likeness (QED) is 0.407. The number of hydrogen-bond acceptors (Lipinski definition) is 0. The average molecular weight is 334 g/mol. The largest absolute Gasteiger partial charge is 0.206 e. The molecule has 0 saturated heterocycles. The summed E-state index contributed by atoms with van der Waals surface area (Å²) in [6, 6.07) is 0.285. The Balaban J connectivity index is 3.44. The van der Waals surface area contributed by atoms with E-state index in [0.29, 0.717) is 0 Å². The van der Waals surface area contributed by atoms with Crippen LogP contribution < -0.4 is 0 Å². The van der Waals surface area contributed by atoms with E-state index in [4.69, 9.17) is 0 Å². The molecule has 0 aliphatic heterocycles. The molecule has 76 valence electrons. The van der Waals surface area contributed by atoms with Crippen molar-refractivity contribution in [1.29, 1.82) is 0 Å². The first kappa shape index (κ1) is 11.7. The van der Waals surface area contributed by atoms with Crippen LogP contribution in [0.3, 0.4) is 0 Å². The second kappa shape index (κ2) is 4.44. The molecule has 1 aromatic rings. The molecule has 0 nitrogen and oxygen atoms in total. The van der Waals surface area contributed by atoms with Crippen molar-refractivity contribution >= 4 is 37.9 Å². The first-order chi connectivity index (χ1) is 6.43. The summed E-state index contributed by atoms with van der Waals surface area (Å²) in [6.07, 6.45) is 0.952. The van der Waals surface area contributed by atoms with E-state index < -0.39 is 28.8 Å². The van der Waals surface area contributed by atoms with Crippen LogP contribution in [0.4, 0.5) is 17.6 Å². The van der Waals surface area contributed by atoms with Crippen LogP contribution in [-0.2, 0) is 0 Å². The van der Waals surface area contributed by atoms with Gasteiger partial charge in [0.15, 0.2) is 17.5 Å². The highest BCUT2D eigenvalue weighted by atomic mass is 79.9. The van der Waals surface area contributed by atoms with Gasteiger partial charge in [-0.25, -0.2) is 17.6 Å². The fourth-order valence-electron chi connectivity index (χ4n) is 0.822. The van der Waals surface area contributed by atoms with Crippen LogP contribution in [0.5, 0.6) is 0 Å². The Morgan fingerprint density at radius 3 is 2.07 bits per heavy atom. The molecule has 0 radical (unpaired) electrons. The highest BCUT2D eigenvalue weighted by molar-refractivity contribution is 9.28. The first-order valence-corrected chi connectivity index (χ1v) is 4.87. The van der Waals surface area contributed by atoms with Crippen LogP contribution in [0, 0.1) is 23.3 Å². The van der Waals surface area contributed by atoms with E-state index in [0.717, 1.165) is 6.08 Å². The normalized spacial score (nSPS) is 10.1. The Labute approximate surface area is 93.9 Å². The molecule has 6 heteroatoms. The molecular formula is C8H2Br2F4. The van der Waals surface area contributed by atoms with Crippen molar-refractivity contribution in [2.24, 2.45) is 0 Å². The molecule has 0 atom stereocenters. The minimum Gasteiger partial charge on any atom is -0.206 e. The predicted molar refractivity (Wildman–Crippen MR) is 52.1 cm³/mol. The summed E-state index contributed by atoms with van der Waals surface area (Å²) < 4.78 is 51.2. The van der Waals surface area contributed by atoms with Crippen LogP contribution in [0.25, 0.3) is 6.08 Å². The first-order valence-electron chi connectivity index (χ1n) is 3.29. The van der Waals surface area contributed by atoms with E-state index in [2.05, 4.69) is 31.9 Å². The van der Waals surface area contributed by atoms with E-state index >= 15 is 0 Å². The van der Waals surface area contributed by atoms with Gasteiger partial charge in [-0.05, 0) is 37.9 Å². The molecule has 0 aliphatic rings. The maximum absolute atomic E-state index is 12.9. The number of halogens is 6. The number of rotatable bonds is 1. The Bertz CT molecular complexity index is 397. The molecule has 0 aromatic heterocycles. The maximum atomic E-state index is 12.9. The summed E-state index contributed by atoms with van der Waals surface area (Å²) in [7, 11) is 0. The van der Waals surface area contributed by atoms with Crippen molar-refractivity contribution in [2.75, 3.05) is 0 Å². The van der Waals surface area contributed by atoms with Gasteiger partial charge in [-0.3, -0.25) is 0 Å². The molecule has 0 unspecified atom stereocenters. The van der Waals surface area contributed by atoms with Gasteiger partial charge in [0, 0.05) is 6.07 Å².